The summed E-state index contributed by atoms with van der Waals surface area (Å²) >= 11 is 0. The number of aryl methyl sites for hydroxylation is 3. The number of imidazole rings is 1. The highest BCUT2D eigenvalue weighted by Crippen LogP contribution is 2.26. The van der Waals surface area contributed by atoms with Gasteiger partial charge in [0.25, 0.3) is 5.91 Å². The van der Waals surface area contributed by atoms with Crippen molar-refractivity contribution in [3.8, 4) is 0 Å². The van der Waals surface area contributed by atoms with Crippen LogP contribution in [0.1, 0.15) is 47.2 Å². The molecule has 0 radical (unpaired) electrons. The van der Waals surface area contributed by atoms with Gasteiger partial charge in [-0.2, -0.15) is 0 Å². The molecule has 1 amide bonds. The lowest BCUT2D eigenvalue weighted by atomic mass is 10.2. The number of aromatic nitrogens is 3. The Hall–Kier alpha value is -3.39. The number of amides is 1. The summed E-state index contributed by atoms with van der Waals surface area (Å²) in [5.74, 6) is 1.12. The van der Waals surface area contributed by atoms with Gasteiger partial charge in [-0.15, -0.1) is 0 Å². The molecule has 0 spiro atoms. The molecule has 8 heteroatoms. The fourth-order valence-electron chi connectivity index (χ4n) is 3.41. The normalized spacial score (nSPS) is 10.9. The number of carbonyl (C=O) groups is 1. The fraction of sp³-hybridized carbons (Fsp3) is 0.348. The molecule has 2 aromatic heterocycles. The highest BCUT2D eigenvalue weighted by molar-refractivity contribution is 5.94. The van der Waals surface area contributed by atoms with Gasteiger partial charge in [0.15, 0.2) is 5.82 Å². The van der Waals surface area contributed by atoms with E-state index in [1.807, 2.05) is 51.1 Å². The molecule has 4 N–H and O–H groups in total. The number of nitrogens with one attached hydrogen (secondary N) is 2. The molecule has 1 aromatic carbocycles. The third-order valence-corrected chi connectivity index (χ3v) is 5.05. The molecular weight excluding hydrogens is 392 g/mol. The van der Waals surface area contributed by atoms with E-state index < -0.39 is 0 Å². The van der Waals surface area contributed by atoms with E-state index in [0.717, 1.165) is 42.0 Å². The molecule has 0 aliphatic rings. The Bertz CT molecular complexity index is 1070. The van der Waals surface area contributed by atoms with Gasteiger partial charge in [0.1, 0.15) is 17.9 Å². The van der Waals surface area contributed by atoms with Gasteiger partial charge in [0.05, 0.1) is 5.52 Å². The summed E-state index contributed by atoms with van der Waals surface area (Å²) in [4.78, 5) is 26.8. The molecule has 164 valence electrons. The van der Waals surface area contributed by atoms with Gasteiger partial charge >= 0.3 is 0 Å². The molecule has 3 rings (SSSR count). The first-order valence-corrected chi connectivity index (χ1v) is 10.4. The van der Waals surface area contributed by atoms with Gasteiger partial charge < -0.3 is 15.6 Å². The first-order valence-electron chi connectivity index (χ1n) is 10.4. The number of nitrogens with zero attached hydrogens (tertiary/aromatic N) is 3. The highest BCUT2D eigenvalue weighted by atomic mass is 16.6. The molecule has 0 atom stereocenters. The van der Waals surface area contributed by atoms with Crippen molar-refractivity contribution in [1.29, 1.82) is 0 Å². The fourth-order valence-corrected chi connectivity index (χ4v) is 3.41. The van der Waals surface area contributed by atoms with Gasteiger partial charge in [-0.1, -0.05) is 24.8 Å². The minimum absolute atomic E-state index is 0.0565. The lowest BCUT2D eigenvalue weighted by Crippen LogP contribution is -2.24. The van der Waals surface area contributed by atoms with Crippen LogP contribution in [0.3, 0.4) is 0 Å². The maximum Gasteiger partial charge on any atom is 0.251 e. The number of unbranched alkanes of at least 4 members (excludes halogenated alkanes) is 1. The number of fused-ring (bicyclic) bond motifs is 1. The number of anilines is 1. The van der Waals surface area contributed by atoms with Gasteiger partial charge in [0, 0.05) is 30.0 Å². The zero-order chi connectivity index (χ0) is 22.4. The Kier molecular flexibility index (Phi) is 7.25. The van der Waals surface area contributed by atoms with E-state index in [0.29, 0.717) is 29.1 Å². The standard InChI is InChI=1S/C23H30N6O2/c1-15(2)28-31-14-19-27-20-21(16(3)17(4)26-22(20)24)29(19)13-9-8-12-25-23(30)18-10-6-5-7-11-18/h5-7,10-11,28H,1,8-9,12-14H2,2-4H3,(H2,24,26)(H,25,30). The second-order valence-corrected chi connectivity index (χ2v) is 7.58. The van der Waals surface area contributed by atoms with Gasteiger partial charge in [-0.05, 0) is 51.3 Å². The number of carbonyl (C=O) groups excluding carboxylic acids is 1. The van der Waals surface area contributed by atoms with Crippen molar-refractivity contribution < 1.29 is 9.63 Å². The van der Waals surface area contributed by atoms with E-state index in [9.17, 15) is 4.79 Å². The first-order chi connectivity index (χ1) is 14.9. The van der Waals surface area contributed by atoms with Crippen molar-refractivity contribution in [3.05, 3.63) is 65.3 Å². The van der Waals surface area contributed by atoms with Crippen LogP contribution in [-0.2, 0) is 18.0 Å². The van der Waals surface area contributed by atoms with Gasteiger partial charge in [-0.25, -0.2) is 9.97 Å². The second-order valence-electron chi connectivity index (χ2n) is 7.58. The molecule has 0 saturated carbocycles. The molecule has 8 nitrogen and oxygen atoms in total. The molecule has 2 heterocycles. The topological polar surface area (TPSA) is 107 Å². The van der Waals surface area contributed by atoms with Gasteiger partial charge in [-0.3, -0.25) is 15.1 Å². The molecule has 0 saturated heterocycles. The van der Waals surface area contributed by atoms with Crippen molar-refractivity contribution in [2.75, 3.05) is 12.3 Å². The lowest BCUT2D eigenvalue weighted by molar-refractivity contribution is 0.0438. The number of allylic oxidation sites excluding steroid dienone is 1. The number of rotatable bonds is 10. The van der Waals surface area contributed by atoms with Crippen LogP contribution in [0.25, 0.3) is 11.0 Å². The van der Waals surface area contributed by atoms with E-state index in [1.165, 1.54) is 0 Å². The summed E-state index contributed by atoms with van der Waals surface area (Å²) in [5, 5.41) is 2.97. The number of nitrogens with two attached hydrogens (primary N) is 1. The molecule has 3 aromatic rings. The van der Waals surface area contributed by atoms with Crippen LogP contribution >= 0.6 is 0 Å². The van der Waals surface area contributed by atoms with Crippen LogP contribution in [0.2, 0.25) is 0 Å². The molecule has 0 unspecified atom stereocenters. The molecule has 0 aliphatic heterocycles. The van der Waals surface area contributed by atoms with Crippen LogP contribution in [0.5, 0.6) is 0 Å². The Morgan fingerprint density at radius 1 is 1.19 bits per heavy atom. The minimum Gasteiger partial charge on any atom is -0.382 e. The van der Waals surface area contributed by atoms with E-state index in [2.05, 4.69) is 31.9 Å². The van der Waals surface area contributed by atoms with Crippen LogP contribution in [0, 0.1) is 13.8 Å². The Morgan fingerprint density at radius 3 is 2.65 bits per heavy atom. The predicted molar refractivity (Wildman–Crippen MR) is 122 cm³/mol. The van der Waals surface area contributed by atoms with Crippen molar-refractivity contribution in [2.24, 2.45) is 0 Å². The second kappa shape index (κ2) is 10.1. The maximum atomic E-state index is 12.2. The molecule has 0 fully saturated rings. The monoisotopic (exact) mass is 422 g/mol. The smallest absolute Gasteiger partial charge is 0.251 e. The lowest BCUT2D eigenvalue weighted by Gasteiger charge is -2.13. The van der Waals surface area contributed by atoms with Gasteiger partial charge in [0.2, 0.25) is 0 Å². The minimum atomic E-state index is -0.0565. The largest absolute Gasteiger partial charge is 0.382 e. The third-order valence-electron chi connectivity index (χ3n) is 5.05. The van der Waals surface area contributed by atoms with Crippen molar-refractivity contribution in [3.63, 3.8) is 0 Å². The summed E-state index contributed by atoms with van der Waals surface area (Å²) in [6.07, 6.45) is 1.70. The zero-order valence-electron chi connectivity index (χ0n) is 18.4. The third kappa shape index (κ3) is 5.40. The predicted octanol–water partition coefficient (Wildman–Crippen LogP) is 3.40. The van der Waals surface area contributed by atoms with Crippen molar-refractivity contribution in [1.82, 2.24) is 25.3 Å². The van der Waals surface area contributed by atoms with Crippen LogP contribution in [0.15, 0.2) is 42.6 Å². The maximum absolute atomic E-state index is 12.2. The number of nitrogen functional groups attached to an aromatic ring is 1. The summed E-state index contributed by atoms with van der Waals surface area (Å²) in [6, 6.07) is 9.22. The number of hydrogen-bond acceptors (Lipinski definition) is 6. The Balaban J connectivity index is 1.68. The highest BCUT2D eigenvalue weighted by Gasteiger charge is 2.17. The quantitative estimate of drug-likeness (QED) is 0.341. The number of hydroxylamine groups is 1. The number of pyridine rings is 1. The average Bonchev–Trinajstić information content (AvgIpc) is 3.11. The van der Waals surface area contributed by atoms with Crippen LogP contribution < -0.4 is 16.5 Å². The summed E-state index contributed by atoms with van der Waals surface area (Å²) in [7, 11) is 0. The Labute approximate surface area is 182 Å². The molecular formula is C23H30N6O2. The molecule has 31 heavy (non-hydrogen) atoms. The molecule has 0 bridgehead atoms. The zero-order valence-corrected chi connectivity index (χ0v) is 18.4. The average molecular weight is 423 g/mol. The first kappa shape index (κ1) is 22.3. The molecule has 0 aliphatic carbocycles. The van der Waals surface area contributed by atoms with E-state index in [-0.39, 0.29) is 12.5 Å². The number of hydrogen-bond donors (Lipinski definition) is 3. The van der Waals surface area contributed by atoms with Crippen LogP contribution in [-0.4, -0.2) is 27.0 Å². The summed E-state index contributed by atoms with van der Waals surface area (Å²) in [6.45, 7) is 11.2. The van der Waals surface area contributed by atoms with E-state index >= 15 is 0 Å². The van der Waals surface area contributed by atoms with Crippen molar-refractivity contribution in [2.45, 2.75) is 46.8 Å². The summed E-state index contributed by atoms with van der Waals surface area (Å²) < 4.78 is 2.13. The summed E-state index contributed by atoms with van der Waals surface area (Å²) in [5.41, 5.74) is 13.9. The van der Waals surface area contributed by atoms with Crippen LogP contribution in [0.4, 0.5) is 5.82 Å². The van der Waals surface area contributed by atoms with E-state index in [4.69, 9.17) is 10.6 Å². The SMILES string of the molecule is C=C(C)NOCc1nc2c(N)nc(C)c(C)c2n1CCCCNC(=O)c1ccccc1. The van der Waals surface area contributed by atoms with E-state index in [1.54, 1.807) is 0 Å². The van der Waals surface area contributed by atoms with Crippen molar-refractivity contribution >= 4 is 22.8 Å². The number of benzene rings is 1. The Morgan fingerprint density at radius 2 is 1.94 bits per heavy atom.